The van der Waals surface area contributed by atoms with Crippen LogP contribution >= 0.6 is 12.2 Å². The Morgan fingerprint density at radius 1 is 0.906 bits per heavy atom. The molecule has 0 fully saturated rings. The Labute approximate surface area is 194 Å². The molecule has 2 N–H and O–H groups in total. The molecule has 3 rings (SSSR count). The Kier molecular flexibility index (Phi) is 9.07. The van der Waals surface area contributed by atoms with Crippen molar-refractivity contribution in [2.75, 3.05) is 18.5 Å². The first-order valence-electron chi connectivity index (χ1n) is 10.8. The standard InChI is InChI=1S/C26H28N2O3S/c1-2-3-17-30-22-13-9-12-21(19-22)27-26(32)28-25(29)23-14-7-8-15-24(23)31-18-16-20-10-5-4-6-11-20/h4-15,19H,2-3,16-18H2,1H3,(H2,27,28,29,32). The molecule has 0 aromatic heterocycles. The molecule has 1 amide bonds. The number of ether oxygens (including phenoxy) is 2. The molecule has 0 radical (unpaired) electrons. The van der Waals surface area contributed by atoms with Gasteiger partial charge >= 0.3 is 0 Å². The lowest BCUT2D eigenvalue weighted by Gasteiger charge is -2.14. The van der Waals surface area contributed by atoms with E-state index >= 15 is 0 Å². The molecule has 0 bridgehead atoms. The maximum Gasteiger partial charge on any atom is 0.261 e. The van der Waals surface area contributed by atoms with Crippen molar-refractivity contribution in [3.05, 3.63) is 90.0 Å². The van der Waals surface area contributed by atoms with E-state index in [4.69, 9.17) is 21.7 Å². The topological polar surface area (TPSA) is 59.6 Å². The van der Waals surface area contributed by atoms with Gasteiger partial charge in [0.2, 0.25) is 0 Å². The van der Waals surface area contributed by atoms with Crippen LogP contribution in [0, 0.1) is 0 Å². The number of carbonyl (C=O) groups excluding carboxylic acids is 1. The van der Waals surface area contributed by atoms with Crippen LogP contribution in [0.25, 0.3) is 0 Å². The van der Waals surface area contributed by atoms with Gasteiger partial charge in [0, 0.05) is 18.2 Å². The summed E-state index contributed by atoms with van der Waals surface area (Å²) in [6.45, 7) is 3.26. The minimum atomic E-state index is -0.326. The van der Waals surface area contributed by atoms with Gasteiger partial charge in [0.05, 0.1) is 18.8 Å². The summed E-state index contributed by atoms with van der Waals surface area (Å²) in [5.41, 5.74) is 2.36. The monoisotopic (exact) mass is 448 g/mol. The first-order chi connectivity index (χ1) is 15.7. The summed E-state index contributed by atoms with van der Waals surface area (Å²) < 4.78 is 11.6. The van der Waals surface area contributed by atoms with Crippen LogP contribution in [0.3, 0.4) is 0 Å². The number of benzene rings is 3. The lowest BCUT2D eigenvalue weighted by Crippen LogP contribution is -2.34. The van der Waals surface area contributed by atoms with Gasteiger partial charge in [0.25, 0.3) is 5.91 Å². The maximum absolute atomic E-state index is 12.8. The molecule has 0 heterocycles. The maximum atomic E-state index is 12.8. The Hall–Kier alpha value is -3.38. The van der Waals surface area contributed by atoms with Crippen molar-refractivity contribution in [2.45, 2.75) is 26.2 Å². The molecule has 0 saturated heterocycles. The predicted octanol–water partition coefficient (Wildman–Crippen LogP) is 5.61. The quantitative estimate of drug-likeness (QED) is 0.312. The van der Waals surface area contributed by atoms with Gasteiger partial charge in [-0.3, -0.25) is 10.1 Å². The summed E-state index contributed by atoms with van der Waals surface area (Å²) in [4.78, 5) is 12.8. The van der Waals surface area contributed by atoms with E-state index in [2.05, 4.69) is 29.7 Å². The van der Waals surface area contributed by atoms with Crippen LogP contribution in [-0.2, 0) is 6.42 Å². The van der Waals surface area contributed by atoms with E-state index in [9.17, 15) is 4.79 Å². The Morgan fingerprint density at radius 3 is 2.50 bits per heavy atom. The number of unbranched alkanes of at least 4 members (excludes halogenated alkanes) is 1. The lowest BCUT2D eigenvalue weighted by atomic mass is 10.1. The van der Waals surface area contributed by atoms with Gasteiger partial charge in [-0.1, -0.05) is 61.9 Å². The highest BCUT2D eigenvalue weighted by atomic mass is 32.1. The van der Waals surface area contributed by atoms with Crippen LogP contribution in [0.2, 0.25) is 0 Å². The zero-order chi connectivity index (χ0) is 22.6. The van der Waals surface area contributed by atoms with Crippen LogP contribution in [0.4, 0.5) is 5.69 Å². The normalized spacial score (nSPS) is 10.3. The molecule has 0 atom stereocenters. The SMILES string of the molecule is CCCCOc1cccc(NC(=S)NC(=O)c2ccccc2OCCc2ccccc2)c1. The van der Waals surface area contributed by atoms with Gasteiger partial charge in [-0.05, 0) is 48.5 Å². The third-order valence-electron chi connectivity index (χ3n) is 4.71. The second-order valence-electron chi connectivity index (χ2n) is 7.22. The molecule has 0 aliphatic heterocycles. The molecule has 166 valence electrons. The number of hydrogen-bond donors (Lipinski definition) is 2. The molecule has 6 heteroatoms. The molecule has 3 aromatic rings. The highest BCUT2D eigenvalue weighted by molar-refractivity contribution is 7.80. The van der Waals surface area contributed by atoms with Crippen LogP contribution in [0.15, 0.2) is 78.9 Å². The van der Waals surface area contributed by atoms with Gasteiger partial charge in [0.1, 0.15) is 11.5 Å². The Balaban J connectivity index is 1.55. The minimum absolute atomic E-state index is 0.208. The summed E-state index contributed by atoms with van der Waals surface area (Å²) in [5, 5.41) is 5.97. The number of para-hydroxylation sites is 1. The van der Waals surface area contributed by atoms with Gasteiger partial charge in [-0.25, -0.2) is 0 Å². The van der Waals surface area contributed by atoms with E-state index in [1.807, 2.05) is 48.5 Å². The zero-order valence-electron chi connectivity index (χ0n) is 18.2. The van der Waals surface area contributed by atoms with Crippen molar-refractivity contribution < 1.29 is 14.3 Å². The van der Waals surface area contributed by atoms with Crippen LogP contribution < -0.4 is 20.1 Å². The summed E-state index contributed by atoms with van der Waals surface area (Å²) in [7, 11) is 0. The highest BCUT2D eigenvalue weighted by Gasteiger charge is 2.14. The van der Waals surface area contributed by atoms with Crippen molar-refractivity contribution in [2.24, 2.45) is 0 Å². The third kappa shape index (κ3) is 7.39. The molecule has 0 saturated carbocycles. The number of thiocarbonyl (C=S) groups is 1. The largest absolute Gasteiger partial charge is 0.494 e. The number of anilines is 1. The van der Waals surface area contributed by atoms with E-state index in [0.29, 0.717) is 24.5 Å². The smallest absolute Gasteiger partial charge is 0.261 e. The average molecular weight is 449 g/mol. The van der Waals surface area contributed by atoms with Crippen molar-refractivity contribution in [3.63, 3.8) is 0 Å². The van der Waals surface area contributed by atoms with Crippen LogP contribution in [0.5, 0.6) is 11.5 Å². The molecule has 0 aliphatic rings. The Bertz CT molecular complexity index is 1020. The first kappa shape index (κ1) is 23.3. The number of hydrogen-bond acceptors (Lipinski definition) is 4. The van der Waals surface area contributed by atoms with Crippen LogP contribution in [0.1, 0.15) is 35.7 Å². The highest BCUT2D eigenvalue weighted by Crippen LogP contribution is 2.20. The average Bonchev–Trinajstić information content (AvgIpc) is 2.80. The van der Waals surface area contributed by atoms with Crippen LogP contribution in [-0.4, -0.2) is 24.2 Å². The molecule has 0 spiro atoms. The molecule has 5 nitrogen and oxygen atoms in total. The number of rotatable bonds is 10. The van der Waals surface area contributed by atoms with E-state index in [1.165, 1.54) is 5.56 Å². The molecular weight excluding hydrogens is 420 g/mol. The molecular formula is C26H28N2O3S. The van der Waals surface area contributed by atoms with Gasteiger partial charge in [-0.15, -0.1) is 0 Å². The second kappa shape index (κ2) is 12.5. The van der Waals surface area contributed by atoms with Crippen molar-refractivity contribution in [3.8, 4) is 11.5 Å². The summed E-state index contributed by atoms with van der Waals surface area (Å²) in [5.74, 6) is 0.956. The molecule has 3 aromatic carbocycles. The Morgan fingerprint density at radius 2 is 1.69 bits per heavy atom. The van der Waals surface area contributed by atoms with E-state index in [0.717, 1.165) is 30.7 Å². The van der Waals surface area contributed by atoms with Gasteiger partial charge in [0.15, 0.2) is 5.11 Å². The molecule has 0 unspecified atom stereocenters. The fourth-order valence-electron chi connectivity index (χ4n) is 3.03. The summed E-state index contributed by atoms with van der Waals surface area (Å²) >= 11 is 5.33. The minimum Gasteiger partial charge on any atom is -0.494 e. The fraction of sp³-hybridized carbons (Fsp3) is 0.231. The summed E-state index contributed by atoms with van der Waals surface area (Å²) in [6.07, 6.45) is 2.83. The second-order valence-corrected chi connectivity index (χ2v) is 7.63. The summed E-state index contributed by atoms with van der Waals surface area (Å²) in [6, 6.07) is 24.7. The van der Waals surface area contributed by atoms with Crippen molar-refractivity contribution in [1.82, 2.24) is 5.32 Å². The van der Waals surface area contributed by atoms with Crippen molar-refractivity contribution in [1.29, 1.82) is 0 Å². The number of carbonyl (C=O) groups is 1. The van der Waals surface area contributed by atoms with E-state index < -0.39 is 0 Å². The van der Waals surface area contributed by atoms with Crippen molar-refractivity contribution >= 4 is 28.9 Å². The fourth-order valence-corrected chi connectivity index (χ4v) is 3.24. The van der Waals surface area contributed by atoms with E-state index in [1.54, 1.807) is 18.2 Å². The predicted molar refractivity (Wildman–Crippen MR) is 133 cm³/mol. The van der Waals surface area contributed by atoms with E-state index in [-0.39, 0.29) is 11.0 Å². The first-order valence-corrected chi connectivity index (χ1v) is 11.2. The number of nitrogens with one attached hydrogen (secondary N) is 2. The molecule has 32 heavy (non-hydrogen) atoms. The lowest BCUT2D eigenvalue weighted by molar-refractivity contribution is 0.0974. The zero-order valence-corrected chi connectivity index (χ0v) is 19.0. The van der Waals surface area contributed by atoms with Gasteiger partial charge < -0.3 is 14.8 Å². The molecule has 0 aliphatic carbocycles. The number of amides is 1. The van der Waals surface area contributed by atoms with Gasteiger partial charge in [-0.2, -0.15) is 0 Å². The third-order valence-corrected chi connectivity index (χ3v) is 4.91.